The molecule has 1 atom stereocenters. The molecule has 134 valence electrons. The Labute approximate surface area is 145 Å². The van der Waals surface area contributed by atoms with Crippen molar-refractivity contribution in [2.75, 3.05) is 19.6 Å². The number of benzene rings is 1. The molecule has 1 aliphatic heterocycles. The van der Waals surface area contributed by atoms with Crippen LogP contribution in [0, 0.1) is 12.8 Å². The van der Waals surface area contributed by atoms with Crippen molar-refractivity contribution in [2.24, 2.45) is 5.92 Å². The van der Waals surface area contributed by atoms with Gasteiger partial charge in [0.1, 0.15) is 0 Å². The number of amides is 1. The normalized spacial score (nSPS) is 19.2. The highest BCUT2D eigenvalue weighted by Gasteiger charge is 2.30. The summed E-state index contributed by atoms with van der Waals surface area (Å²) in [5.41, 5.74) is 1.04. The number of piperidine rings is 1. The summed E-state index contributed by atoms with van der Waals surface area (Å²) >= 11 is 0. The summed E-state index contributed by atoms with van der Waals surface area (Å²) in [4.78, 5) is 12.1. The molecule has 5 nitrogen and oxygen atoms in total. The fourth-order valence-corrected chi connectivity index (χ4v) is 4.58. The van der Waals surface area contributed by atoms with Crippen LogP contribution >= 0.6 is 0 Å². The summed E-state index contributed by atoms with van der Waals surface area (Å²) in [6.07, 6.45) is 3.99. The van der Waals surface area contributed by atoms with E-state index < -0.39 is 10.0 Å². The van der Waals surface area contributed by atoms with E-state index >= 15 is 0 Å². The molecular weight excluding hydrogens is 324 g/mol. The predicted molar refractivity (Wildman–Crippen MR) is 95.2 cm³/mol. The minimum Gasteiger partial charge on any atom is -0.356 e. The summed E-state index contributed by atoms with van der Waals surface area (Å²) in [5.74, 6) is 0.321. The van der Waals surface area contributed by atoms with Gasteiger partial charge in [0.05, 0.1) is 4.90 Å². The number of hydrogen-bond acceptors (Lipinski definition) is 3. The average molecular weight is 353 g/mol. The number of carbonyl (C=O) groups excluding carboxylic acids is 1. The minimum absolute atomic E-state index is 0.0652. The Balaban J connectivity index is 1.94. The first-order valence-corrected chi connectivity index (χ1v) is 10.2. The zero-order valence-corrected chi connectivity index (χ0v) is 15.4. The molecule has 0 bridgehead atoms. The van der Waals surface area contributed by atoms with Crippen LogP contribution in [0.2, 0.25) is 0 Å². The Bertz CT molecular complexity index is 641. The van der Waals surface area contributed by atoms with Gasteiger partial charge in [0.15, 0.2) is 0 Å². The Kier molecular flexibility index (Phi) is 6.80. The summed E-state index contributed by atoms with van der Waals surface area (Å²) in [6.45, 7) is 5.75. The highest BCUT2D eigenvalue weighted by molar-refractivity contribution is 7.89. The van der Waals surface area contributed by atoms with E-state index in [9.17, 15) is 13.2 Å². The van der Waals surface area contributed by atoms with Gasteiger partial charge in [-0.2, -0.15) is 4.31 Å². The van der Waals surface area contributed by atoms with E-state index in [1.54, 1.807) is 16.4 Å². The van der Waals surface area contributed by atoms with Crippen LogP contribution in [0.25, 0.3) is 0 Å². The van der Waals surface area contributed by atoms with E-state index in [0.29, 0.717) is 31.0 Å². The molecule has 1 aromatic carbocycles. The summed E-state index contributed by atoms with van der Waals surface area (Å²) < 4.78 is 27.1. The van der Waals surface area contributed by atoms with Crippen LogP contribution in [-0.2, 0) is 14.8 Å². The van der Waals surface area contributed by atoms with Gasteiger partial charge in [-0.1, -0.05) is 24.6 Å². The number of nitrogens with one attached hydrogen (secondary N) is 1. The topological polar surface area (TPSA) is 66.5 Å². The monoisotopic (exact) mass is 352 g/mol. The molecule has 1 saturated heterocycles. The molecule has 0 radical (unpaired) electrons. The average Bonchev–Trinajstić information content (AvgIpc) is 2.59. The molecular formula is C18H28N2O3S. The third-order valence-electron chi connectivity index (χ3n) is 4.49. The predicted octanol–water partition coefficient (Wildman–Crippen LogP) is 2.70. The Morgan fingerprint density at radius 3 is 2.67 bits per heavy atom. The van der Waals surface area contributed by atoms with Gasteiger partial charge in [0.2, 0.25) is 15.9 Å². The number of aryl methyl sites for hydroxylation is 1. The van der Waals surface area contributed by atoms with E-state index in [1.807, 2.05) is 26.0 Å². The second-order valence-corrected chi connectivity index (χ2v) is 8.51. The van der Waals surface area contributed by atoms with Gasteiger partial charge in [-0.3, -0.25) is 4.79 Å². The molecule has 24 heavy (non-hydrogen) atoms. The number of hydrogen-bond donors (Lipinski definition) is 1. The first-order chi connectivity index (χ1) is 11.4. The highest BCUT2D eigenvalue weighted by Crippen LogP contribution is 2.26. The summed E-state index contributed by atoms with van der Waals surface area (Å²) in [5, 5.41) is 2.87. The van der Waals surface area contributed by atoms with Gasteiger partial charge >= 0.3 is 0 Å². The van der Waals surface area contributed by atoms with Crippen molar-refractivity contribution in [3.63, 3.8) is 0 Å². The molecule has 1 unspecified atom stereocenters. The molecule has 2 rings (SSSR count). The molecule has 1 aromatic rings. The van der Waals surface area contributed by atoms with Gasteiger partial charge in [-0.05, 0) is 50.7 Å². The van der Waals surface area contributed by atoms with Crippen LogP contribution < -0.4 is 5.32 Å². The highest BCUT2D eigenvalue weighted by atomic mass is 32.2. The SMILES string of the molecule is CCCNC(=O)CCC1CCCN(S(=O)(=O)c2ccc(C)cc2)C1. The lowest BCUT2D eigenvalue weighted by Gasteiger charge is -2.32. The maximum Gasteiger partial charge on any atom is 0.243 e. The standard InChI is InChI=1S/C18H28N2O3S/c1-3-12-19-18(21)11-8-16-5-4-13-20(14-16)24(22,23)17-9-6-15(2)7-10-17/h6-7,9-10,16H,3-5,8,11-14H2,1-2H3,(H,19,21). The number of nitrogens with zero attached hydrogens (tertiary/aromatic N) is 1. The van der Waals surface area contributed by atoms with E-state index in [1.165, 1.54) is 0 Å². The lowest BCUT2D eigenvalue weighted by atomic mass is 9.94. The zero-order chi connectivity index (χ0) is 17.6. The molecule has 1 heterocycles. The van der Waals surface area contributed by atoms with Crippen LogP contribution in [0.4, 0.5) is 0 Å². The van der Waals surface area contributed by atoms with Crippen LogP contribution in [-0.4, -0.2) is 38.3 Å². The van der Waals surface area contributed by atoms with Crippen LogP contribution in [0.15, 0.2) is 29.2 Å². The minimum atomic E-state index is -3.43. The molecule has 1 amide bonds. The smallest absolute Gasteiger partial charge is 0.243 e. The van der Waals surface area contributed by atoms with Crippen molar-refractivity contribution in [1.29, 1.82) is 0 Å². The van der Waals surface area contributed by atoms with Crippen molar-refractivity contribution in [2.45, 2.75) is 50.8 Å². The molecule has 1 fully saturated rings. The fraction of sp³-hybridized carbons (Fsp3) is 0.611. The van der Waals surface area contributed by atoms with Crippen LogP contribution in [0.1, 0.15) is 44.6 Å². The van der Waals surface area contributed by atoms with Crippen molar-refractivity contribution >= 4 is 15.9 Å². The molecule has 1 N–H and O–H groups in total. The fourth-order valence-electron chi connectivity index (χ4n) is 3.03. The second kappa shape index (κ2) is 8.62. The van der Waals surface area contributed by atoms with Crippen molar-refractivity contribution in [3.05, 3.63) is 29.8 Å². The second-order valence-electron chi connectivity index (χ2n) is 6.57. The molecule has 0 saturated carbocycles. The Morgan fingerprint density at radius 1 is 1.29 bits per heavy atom. The Morgan fingerprint density at radius 2 is 2.00 bits per heavy atom. The first-order valence-electron chi connectivity index (χ1n) is 8.77. The third-order valence-corrected chi connectivity index (χ3v) is 6.37. The third kappa shape index (κ3) is 5.05. The lowest BCUT2D eigenvalue weighted by molar-refractivity contribution is -0.121. The number of rotatable bonds is 7. The van der Waals surface area contributed by atoms with Gasteiger partial charge in [-0.15, -0.1) is 0 Å². The summed E-state index contributed by atoms with van der Waals surface area (Å²) in [6, 6.07) is 7.00. The van der Waals surface area contributed by atoms with Gasteiger partial charge in [0, 0.05) is 26.1 Å². The number of sulfonamides is 1. The van der Waals surface area contributed by atoms with Gasteiger partial charge in [-0.25, -0.2) is 8.42 Å². The van der Waals surface area contributed by atoms with E-state index in [0.717, 1.165) is 31.2 Å². The van der Waals surface area contributed by atoms with Crippen molar-refractivity contribution < 1.29 is 13.2 Å². The molecule has 0 spiro atoms. The van der Waals surface area contributed by atoms with Crippen LogP contribution in [0.5, 0.6) is 0 Å². The van der Waals surface area contributed by atoms with Gasteiger partial charge in [0.25, 0.3) is 0 Å². The molecule has 1 aliphatic rings. The zero-order valence-electron chi connectivity index (χ0n) is 14.6. The number of carbonyl (C=O) groups is 1. The van der Waals surface area contributed by atoms with E-state index in [-0.39, 0.29) is 11.8 Å². The van der Waals surface area contributed by atoms with Crippen molar-refractivity contribution in [1.82, 2.24) is 9.62 Å². The summed E-state index contributed by atoms with van der Waals surface area (Å²) in [7, 11) is -3.43. The van der Waals surface area contributed by atoms with Crippen LogP contribution in [0.3, 0.4) is 0 Å². The molecule has 0 aromatic heterocycles. The van der Waals surface area contributed by atoms with Gasteiger partial charge < -0.3 is 5.32 Å². The quantitative estimate of drug-likeness (QED) is 0.820. The first kappa shape index (κ1) is 18.9. The lowest BCUT2D eigenvalue weighted by Crippen LogP contribution is -2.40. The largest absolute Gasteiger partial charge is 0.356 e. The van der Waals surface area contributed by atoms with E-state index in [4.69, 9.17) is 0 Å². The Hall–Kier alpha value is -1.40. The maximum atomic E-state index is 12.8. The molecule has 0 aliphatic carbocycles. The maximum absolute atomic E-state index is 12.8. The van der Waals surface area contributed by atoms with Crippen molar-refractivity contribution in [3.8, 4) is 0 Å². The van der Waals surface area contributed by atoms with E-state index in [2.05, 4.69) is 5.32 Å². The molecule has 6 heteroatoms.